The number of carbonyl (C=O) groups excluding carboxylic acids is 2. The van der Waals surface area contributed by atoms with E-state index in [2.05, 4.69) is 0 Å². The number of nitrogens with zero attached hydrogens (tertiary/aromatic N) is 1. The normalized spacial score (nSPS) is 24.7. The molecule has 2 amide bonds. The first-order chi connectivity index (χ1) is 5.24. The highest BCUT2D eigenvalue weighted by Gasteiger charge is 2.23. The molecule has 0 aromatic heterocycles. The SMILES string of the molecule is NC(=O)C1CN(C=O)CCO1. The molecule has 1 aliphatic heterocycles. The quantitative estimate of drug-likeness (QED) is 0.488. The number of hydrogen-bond acceptors (Lipinski definition) is 3. The second kappa shape index (κ2) is 3.34. The Kier molecular flexibility index (Phi) is 2.43. The van der Waals surface area contributed by atoms with Gasteiger partial charge in [-0.25, -0.2) is 0 Å². The van der Waals surface area contributed by atoms with Gasteiger partial charge in [0.05, 0.1) is 13.2 Å². The number of amides is 2. The minimum atomic E-state index is -0.631. The van der Waals surface area contributed by atoms with Crippen LogP contribution in [0.3, 0.4) is 0 Å². The highest BCUT2D eigenvalue weighted by Crippen LogP contribution is 2.01. The molecular formula is C6H10N2O3. The van der Waals surface area contributed by atoms with Crippen LogP contribution < -0.4 is 5.73 Å². The molecule has 1 heterocycles. The third kappa shape index (κ3) is 1.91. The molecule has 5 nitrogen and oxygen atoms in total. The van der Waals surface area contributed by atoms with Gasteiger partial charge in [0, 0.05) is 6.54 Å². The second-order valence-corrected chi connectivity index (χ2v) is 2.36. The van der Waals surface area contributed by atoms with E-state index in [-0.39, 0.29) is 6.54 Å². The van der Waals surface area contributed by atoms with Crippen LogP contribution in [0.2, 0.25) is 0 Å². The van der Waals surface area contributed by atoms with Crippen LogP contribution in [0.25, 0.3) is 0 Å². The van der Waals surface area contributed by atoms with Gasteiger partial charge in [-0.1, -0.05) is 0 Å². The average molecular weight is 158 g/mol. The summed E-state index contributed by atoms with van der Waals surface area (Å²) < 4.78 is 5.00. The minimum absolute atomic E-state index is 0.277. The highest BCUT2D eigenvalue weighted by molar-refractivity contribution is 5.79. The fourth-order valence-corrected chi connectivity index (χ4v) is 0.937. The Balaban J connectivity index is 2.45. The Morgan fingerprint density at radius 3 is 3.00 bits per heavy atom. The molecule has 0 spiro atoms. The smallest absolute Gasteiger partial charge is 0.248 e. The van der Waals surface area contributed by atoms with Gasteiger partial charge in [-0.3, -0.25) is 9.59 Å². The number of hydrogen-bond donors (Lipinski definition) is 1. The number of primary amides is 1. The van der Waals surface area contributed by atoms with Crippen LogP contribution in [0.5, 0.6) is 0 Å². The van der Waals surface area contributed by atoms with Crippen molar-refractivity contribution in [3.05, 3.63) is 0 Å². The third-order valence-electron chi connectivity index (χ3n) is 1.56. The van der Waals surface area contributed by atoms with Gasteiger partial charge in [0.2, 0.25) is 12.3 Å². The van der Waals surface area contributed by atoms with Crippen molar-refractivity contribution in [3.8, 4) is 0 Å². The van der Waals surface area contributed by atoms with Crippen LogP contribution in [-0.4, -0.2) is 43.0 Å². The van der Waals surface area contributed by atoms with E-state index < -0.39 is 12.0 Å². The van der Waals surface area contributed by atoms with E-state index in [9.17, 15) is 9.59 Å². The van der Waals surface area contributed by atoms with Gasteiger partial charge in [0.1, 0.15) is 0 Å². The van der Waals surface area contributed by atoms with Crippen LogP contribution >= 0.6 is 0 Å². The van der Waals surface area contributed by atoms with Crippen LogP contribution in [-0.2, 0) is 14.3 Å². The molecular weight excluding hydrogens is 148 g/mol. The van der Waals surface area contributed by atoms with Crippen LogP contribution in [0.1, 0.15) is 0 Å². The predicted octanol–water partition coefficient (Wildman–Crippen LogP) is -1.67. The molecule has 62 valence electrons. The summed E-state index contributed by atoms with van der Waals surface area (Å²) in [6, 6.07) is 0. The minimum Gasteiger partial charge on any atom is -0.367 e. The van der Waals surface area contributed by atoms with Crippen LogP contribution in [0.4, 0.5) is 0 Å². The topological polar surface area (TPSA) is 72.6 Å². The van der Waals surface area contributed by atoms with E-state index in [1.807, 2.05) is 0 Å². The molecule has 2 N–H and O–H groups in total. The molecule has 0 radical (unpaired) electrons. The molecule has 1 rings (SSSR count). The summed E-state index contributed by atoms with van der Waals surface area (Å²) in [6.45, 7) is 1.19. The first-order valence-corrected chi connectivity index (χ1v) is 3.34. The molecule has 1 fully saturated rings. The van der Waals surface area contributed by atoms with Gasteiger partial charge in [-0.2, -0.15) is 0 Å². The van der Waals surface area contributed by atoms with Crippen LogP contribution in [0, 0.1) is 0 Å². The summed E-state index contributed by atoms with van der Waals surface area (Å²) in [7, 11) is 0. The van der Waals surface area contributed by atoms with Crippen molar-refractivity contribution in [2.24, 2.45) is 5.73 Å². The highest BCUT2D eigenvalue weighted by atomic mass is 16.5. The molecule has 5 heteroatoms. The lowest BCUT2D eigenvalue weighted by Gasteiger charge is -2.27. The predicted molar refractivity (Wildman–Crippen MR) is 36.6 cm³/mol. The van der Waals surface area contributed by atoms with Gasteiger partial charge < -0.3 is 15.4 Å². The van der Waals surface area contributed by atoms with Gasteiger partial charge in [-0.15, -0.1) is 0 Å². The summed E-state index contributed by atoms with van der Waals surface area (Å²) in [5, 5.41) is 0. The zero-order chi connectivity index (χ0) is 8.27. The largest absolute Gasteiger partial charge is 0.367 e. The molecule has 0 aromatic rings. The molecule has 0 aromatic carbocycles. The average Bonchev–Trinajstić information content (AvgIpc) is 2.05. The number of rotatable bonds is 2. The van der Waals surface area contributed by atoms with E-state index in [4.69, 9.17) is 10.5 Å². The standard InChI is InChI=1S/C6H10N2O3/c7-6(10)5-3-8(4-9)1-2-11-5/h4-5H,1-3H2,(H2,7,10). The lowest BCUT2D eigenvalue weighted by Crippen LogP contribution is -2.47. The summed E-state index contributed by atoms with van der Waals surface area (Å²) in [4.78, 5) is 22.3. The maximum absolute atomic E-state index is 10.6. The Labute approximate surface area is 64.1 Å². The number of morpholine rings is 1. The third-order valence-corrected chi connectivity index (χ3v) is 1.56. The summed E-state index contributed by atoms with van der Waals surface area (Å²) in [6.07, 6.45) is 0.0623. The maximum Gasteiger partial charge on any atom is 0.248 e. The first-order valence-electron chi connectivity index (χ1n) is 3.34. The van der Waals surface area contributed by atoms with Crippen molar-refractivity contribution in [2.45, 2.75) is 6.10 Å². The Morgan fingerprint density at radius 1 is 1.73 bits per heavy atom. The molecule has 1 unspecified atom stereocenters. The van der Waals surface area contributed by atoms with Crippen molar-refractivity contribution in [2.75, 3.05) is 19.7 Å². The molecule has 1 aliphatic rings. The van der Waals surface area contributed by atoms with Crippen molar-refractivity contribution in [3.63, 3.8) is 0 Å². The molecule has 0 aliphatic carbocycles. The number of ether oxygens (including phenoxy) is 1. The summed E-state index contributed by atoms with van der Waals surface area (Å²) in [5.41, 5.74) is 4.98. The lowest BCUT2D eigenvalue weighted by atomic mass is 10.3. The van der Waals surface area contributed by atoms with E-state index in [1.54, 1.807) is 0 Å². The molecule has 1 atom stereocenters. The fourth-order valence-electron chi connectivity index (χ4n) is 0.937. The van der Waals surface area contributed by atoms with E-state index in [0.717, 1.165) is 0 Å². The zero-order valence-corrected chi connectivity index (χ0v) is 6.03. The molecule has 0 bridgehead atoms. The van der Waals surface area contributed by atoms with Gasteiger partial charge in [0.15, 0.2) is 6.10 Å². The second-order valence-electron chi connectivity index (χ2n) is 2.36. The zero-order valence-electron chi connectivity index (χ0n) is 6.03. The van der Waals surface area contributed by atoms with E-state index in [0.29, 0.717) is 19.6 Å². The van der Waals surface area contributed by atoms with Crippen molar-refractivity contribution >= 4 is 12.3 Å². The number of nitrogens with two attached hydrogens (primary N) is 1. The van der Waals surface area contributed by atoms with E-state index in [1.165, 1.54) is 4.90 Å². The molecule has 11 heavy (non-hydrogen) atoms. The van der Waals surface area contributed by atoms with Gasteiger partial charge in [-0.05, 0) is 0 Å². The van der Waals surface area contributed by atoms with Crippen molar-refractivity contribution in [1.29, 1.82) is 0 Å². The maximum atomic E-state index is 10.6. The molecule has 1 saturated heterocycles. The Morgan fingerprint density at radius 2 is 2.45 bits per heavy atom. The fraction of sp³-hybridized carbons (Fsp3) is 0.667. The molecule has 0 saturated carbocycles. The first kappa shape index (κ1) is 8.00. The summed E-state index contributed by atoms with van der Waals surface area (Å²) >= 11 is 0. The number of carbonyl (C=O) groups is 2. The van der Waals surface area contributed by atoms with Crippen molar-refractivity contribution in [1.82, 2.24) is 4.90 Å². The Hall–Kier alpha value is -1.10. The monoisotopic (exact) mass is 158 g/mol. The van der Waals surface area contributed by atoms with Crippen molar-refractivity contribution < 1.29 is 14.3 Å². The van der Waals surface area contributed by atoms with Gasteiger partial charge >= 0.3 is 0 Å². The van der Waals surface area contributed by atoms with Gasteiger partial charge in [0.25, 0.3) is 0 Å². The Bertz CT molecular complexity index is 171. The lowest BCUT2D eigenvalue weighted by molar-refractivity contribution is -0.139. The van der Waals surface area contributed by atoms with Crippen LogP contribution in [0.15, 0.2) is 0 Å². The van der Waals surface area contributed by atoms with E-state index >= 15 is 0 Å². The summed E-state index contributed by atoms with van der Waals surface area (Å²) in [5.74, 6) is -0.517.